The molecular formula is C32H36Cl2N2O2. The first-order valence-electron chi connectivity index (χ1n) is 13.1. The van der Waals surface area contributed by atoms with Crippen molar-refractivity contribution in [2.45, 2.75) is 70.6 Å². The van der Waals surface area contributed by atoms with E-state index in [-0.39, 0.29) is 23.9 Å². The van der Waals surface area contributed by atoms with Crippen LogP contribution in [0.4, 0.5) is 0 Å². The molecule has 38 heavy (non-hydrogen) atoms. The summed E-state index contributed by atoms with van der Waals surface area (Å²) in [7, 11) is 0. The van der Waals surface area contributed by atoms with E-state index in [0.29, 0.717) is 35.0 Å². The lowest BCUT2D eigenvalue weighted by molar-refractivity contribution is -0.155. The van der Waals surface area contributed by atoms with Crippen LogP contribution in [0.25, 0.3) is 0 Å². The van der Waals surface area contributed by atoms with Crippen LogP contribution in [0.2, 0.25) is 10.0 Å². The molecule has 0 bridgehead atoms. The molecule has 4 atom stereocenters. The third kappa shape index (κ3) is 5.68. The van der Waals surface area contributed by atoms with Gasteiger partial charge in [0.2, 0.25) is 5.91 Å². The fraction of sp³-hybridized carbons (Fsp3) is 0.375. The average molecular weight is 552 g/mol. The van der Waals surface area contributed by atoms with Gasteiger partial charge in [0, 0.05) is 16.0 Å². The molecule has 0 spiro atoms. The summed E-state index contributed by atoms with van der Waals surface area (Å²) in [6.07, 6.45) is 3.70. The number of carbonyl (C=O) groups is 1. The van der Waals surface area contributed by atoms with Crippen LogP contribution in [-0.4, -0.2) is 20.9 Å². The van der Waals surface area contributed by atoms with Gasteiger partial charge in [-0.3, -0.25) is 9.78 Å². The molecule has 1 saturated heterocycles. The van der Waals surface area contributed by atoms with Gasteiger partial charge in [0.1, 0.15) is 5.60 Å². The summed E-state index contributed by atoms with van der Waals surface area (Å²) in [6.45, 7) is 11.5. The second-order valence-corrected chi connectivity index (χ2v) is 11.9. The van der Waals surface area contributed by atoms with E-state index in [1.165, 1.54) is 0 Å². The number of piperidine rings is 1. The number of amides is 1. The molecule has 2 aromatic carbocycles. The van der Waals surface area contributed by atoms with Crippen LogP contribution in [-0.2, 0) is 10.4 Å². The summed E-state index contributed by atoms with van der Waals surface area (Å²) in [6, 6.07) is 20.8. The molecule has 2 heterocycles. The number of aromatic nitrogens is 1. The Kier molecular flexibility index (Phi) is 8.37. The number of hydrogen-bond donors (Lipinski definition) is 1. The molecule has 200 valence electrons. The largest absolute Gasteiger partial charge is 0.384 e. The van der Waals surface area contributed by atoms with E-state index in [1.807, 2.05) is 78.6 Å². The molecule has 1 aliphatic rings. The summed E-state index contributed by atoms with van der Waals surface area (Å²) < 4.78 is 0. The van der Waals surface area contributed by atoms with Crippen molar-refractivity contribution in [2.24, 2.45) is 5.41 Å². The first kappa shape index (κ1) is 28.4. The molecule has 6 heteroatoms. The zero-order valence-corrected chi connectivity index (χ0v) is 24.0. The number of nitrogens with zero attached hydrogens (tertiary/aromatic N) is 2. The summed E-state index contributed by atoms with van der Waals surface area (Å²) in [5, 5.41) is 12.0. The minimum absolute atomic E-state index is 0.0240. The highest BCUT2D eigenvalue weighted by Gasteiger charge is 2.51. The van der Waals surface area contributed by atoms with Crippen molar-refractivity contribution in [1.82, 2.24) is 9.88 Å². The van der Waals surface area contributed by atoms with E-state index < -0.39 is 11.0 Å². The Balaban J connectivity index is 1.96. The van der Waals surface area contributed by atoms with Gasteiger partial charge in [0.15, 0.2) is 0 Å². The fourth-order valence-corrected chi connectivity index (χ4v) is 6.08. The molecule has 0 radical (unpaired) electrons. The number of rotatable bonds is 8. The molecule has 0 saturated carbocycles. The van der Waals surface area contributed by atoms with E-state index in [9.17, 15) is 9.90 Å². The third-order valence-corrected chi connectivity index (χ3v) is 8.13. The van der Waals surface area contributed by atoms with E-state index in [4.69, 9.17) is 28.2 Å². The molecule has 0 unspecified atom stereocenters. The van der Waals surface area contributed by atoms with Crippen LogP contribution >= 0.6 is 23.2 Å². The Morgan fingerprint density at radius 1 is 1.11 bits per heavy atom. The normalized spacial score (nSPS) is 22.8. The number of hydrogen-bond acceptors (Lipinski definition) is 3. The standard InChI is InChI=1S/C32H36Cl2N2O2/c1-6-18-32(5)20-25(22-10-8-11-24(34)19-22)29(21-14-16-23(33)17-15-21)36(30(32)37)27(7-2)26-12-9-13-28(35-26)31(3,4)38/h6,8-17,19,25,27,29,38H,1,7,18,20H2,2-5H3/t25-,27+,29-,32+/m1/s1. The summed E-state index contributed by atoms with van der Waals surface area (Å²) in [5.41, 5.74) is 1.66. The number of likely N-dealkylation sites (tertiary alicyclic amines) is 1. The molecule has 1 aromatic heterocycles. The van der Waals surface area contributed by atoms with Crippen molar-refractivity contribution in [1.29, 1.82) is 0 Å². The third-order valence-electron chi connectivity index (χ3n) is 7.65. The van der Waals surface area contributed by atoms with Crippen molar-refractivity contribution in [3.63, 3.8) is 0 Å². The van der Waals surface area contributed by atoms with Gasteiger partial charge in [-0.15, -0.1) is 6.58 Å². The average Bonchev–Trinajstić information content (AvgIpc) is 2.87. The van der Waals surface area contributed by atoms with Gasteiger partial charge in [-0.1, -0.05) is 73.5 Å². The Labute approximate surface area is 236 Å². The Hall–Kier alpha value is -2.66. The van der Waals surface area contributed by atoms with Gasteiger partial charge in [0.25, 0.3) is 0 Å². The van der Waals surface area contributed by atoms with Crippen molar-refractivity contribution < 1.29 is 9.90 Å². The minimum atomic E-state index is -1.10. The number of aliphatic hydroxyl groups is 1. The monoisotopic (exact) mass is 550 g/mol. The summed E-state index contributed by atoms with van der Waals surface area (Å²) in [4.78, 5) is 21.4. The molecule has 1 N–H and O–H groups in total. The van der Waals surface area contributed by atoms with Crippen molar-refractivity contribution >= 4 is 29.1 Å². The van der Waals surface area contributed by atoms with Crippen LogP contribution in [0.1, 0.15) is 87.5 Å². The lowest BCUT2D eigenvalue weighted by atomic mass is 9.67. The maximum atomic E-state index is 14.5. The quantitative estimate of drug-likeness (QED) is 0.286. The van der Waals surface area contributed by atoms with Gasteiger partial charge in [-0.25, -0.2) is 0 Å². The van der Waals surface area contributed by atoms with Gasteiger partial charge < -0.3 is 10.0 Å². The number of pyridine rings is 1. The van der Waals surface area contributed by atoms with Gasteiger partial charge >= 0.3 is 0 Å². The number of allylic oxidation sites excluding steroid dienone is 1. The first-order chi connectivity index (χ1) is 18.0. The summed E-state index contributed by atoms with van der Waals surface area (Å²) >= 11 is 12.8. The summed E-state index contributed by atoms with van der Waals surface area (Å²) in [5.74, 6) is 0.0435. The molecule has 0 aliphatic carbocycles. The number of carbonyl (C=O) groups excluding carboxylic acids is 1. The molecule has 1 amide bonds. The first-order valence-corrected chi connectivity index (χ1v) is 13.9. The predicted octanol–water partition coefficient (Wildman–Crippen LogP) is 8.41. The molecule has 1 fully saturated rings. The number of benzene rings is 2. The van der Waals surface area contributed by atoms with E-state index in [2.05, 4.69) is 19.6 Å². The highest BCUT2D eigenvalue weighted by atomic mass is 35.5. The second kappa shape index (κ2) is 11.2. The van der Waals surface area contributed by atoms with Gasteiger partial charge in [0.05, 0.1) is 28.9 Å². The van der Waals surface area contributed by atoms with Crippen molar-refractivity contribution in [3.8, 4) is 0 Å². The zero-order valence-electron chi connectivity index (χ0n) is 22.5. The molecule has 4 nitrogen and oxygen atoms in total. The van der Waals surface area contributed by atoms with Crippen molar-refractivity contribution in [3.05, 3.63) is 112 Å². The number of halogens is 2. The Bertz CT molecular complexity index is 1300. The Morgan fingerprint density at radius 3 is 2.39 bits per heavy atom. The van der Waals surface area contributed by atoms with Crippen LogP contribution in [0, 0.1) is 5.41 Å². The molecule has 1 aliphatic heterocycles. The van der Waals surface area contributed by atoms with Crippen LogP contribution in [0.5, 0.6) is 0 Å². The predicted molar refractivity (Wildman–Crippen MR) is 155 cm³/mol. The molecule has 3 aromatic rings. The molecule has 4 rings (SSSR count). The van der Waals surface area contributed by atoms with Crippen LogP contribution < -0.4 is 0 Å². The smallest absolute Gasteiger partial charge is 0.229 e. The Morgan fingerprint density at radius 2 is 1.79 bits per heavy atom. The van der Waals surface area contributed by atoms with Crippen molar-refractivity contribution in [2.75, 3.05) is 0 Å². The van der Waals surface area contributed by atoms with Crippen LogP contribution in [0.3, 0.4) is 0 Å². The topological polar surface area (TPSA) is 53.4 Å². The lowest BCUT2D eigenvalue weighted by Crippen LogP contribution is -2.53. The van der Waals surface area contributed by atoms with E-state index in [1.54, 1.807) is 13.8 Å². The van der Waals surface area contributed by atoms with Gasteiger partial charge in [-0.2, -0.15) is 0 Å². The maximum Gasteiger partial charge on any atom is 0.229 e. The van der Waals surface area contributed by atoms with E-state index >= 15 is 0 Å². The van der Waals surface area contributed by atoms with Gasteiger partial charge in [-0.05, 0) is 80.6 Å². The van der Waals surface area contributed by atoms with E-state index in [0.717, 1.165) is 16.8 Å². The minimum Gasteiger partial charge on any atom is -0.384 e. The molecular weight excluding hydrogens is 515 g/mol. The van der Waals surface area contributed by atoms with Crippen LogP contribution in [0.15, 0.2) is 79.4 Å². The SMILES string of the molecule is C=CC[C@@]1(C)C[C@H](c2cccc(Cl)c2)[C@@H](c2ccc(Cl)cc2)N([C@@H](CC)c2cccc(C(C)(C)O)n2)C1=O. The zero-order chi connectivity index (χ0) is 27.7. The highest BCUT2D eigenvalue weighted by Crippen LogP contribution is 2.54. The highest BCUT2D eigenvalue weighted by molar-refractivity contribution is 6.30. The second-order valence-electron chi connectivity index (χ2n) is 11.1. The maximum absolute atomic E-state index is 14.5. The fourth-order valence-electron chi connectivity index (χ4n) is 5.76. The lowest BCUT2D eigenvalue weighted by Gasteiger charge is -2.52.